The molecule has 1 rings (SSSR count). The Morgan fingerprint density at radius 1 is 1.67 bits per heavy atom. The van der Waals surface area contributed by atoms with Gasteiger partial charge in [0.05, 0.1) is 6.20 Å². The number of anilines is 1. The number of aromatic nitrogens is 1. The fourth-order valence-corrected chi connectivity index (χ4v) is 1.04. The molecule has 0 saturated heterocycles. The number of rotatable bonds is 4. The van der Waals surface area contributed by atoms with Gasteiger partial charge in [-0.05, 0) is 12.1 Å². The number of pyridine rings is 1. The van der Waals surface area contributed by atoms with Gasteiger partial charge < -0.3 is 15.8 Å². The molecule has 15 heavy (non-hydrogen) atoms. The molecule has 0 aliphatic heterocycles. The summed E-state index contributed by atoms with van der Waals surface area (Å²) >= 11 is 0. The highest BCUT2D eigenvalue weighted by atomic mass is 19.1. The maximum atomic E-state index is 12.6. The van der Waals surface area contributed by atoms with Crippen LogP contribution in [0.25, 0.3) is 0 Å². The van der Waals surface area contributed by atoms with E-state index in [1.54, 1.807) is 18.0 Å². The predicted molar refractivity (Wildman–Crippen MR) is 55.5 cm³/mol. The van der Waals surface area contributed by atoms with Crippen LogP contribution in [0.15, 0.2) is 23.5 Å². The van der Waals surface area contributed by atoms with Crippen molar-refractivity contribution in [1.82, 2.24) is 4.98 Å². The lowest BCUT2D eigenvalue weighted by Gasteiger charge is -2.17. The highest BCUT2D eigenvalue weighted by Gasteiger charge is 2.03. The van der Waals surface area contributed by atoms with E-state index in [0.29, 0.717) is 18.8 Å². The first-order chi connectivity index (χ1) is 7.13. The molecule has 0 spiro atoms. The van der Waals surface area contributed by atoms with Crippen molar-refractivity contribution in [3.63, 3.8) is 0 Å². The molecule has 0 fully saturated rings. The summed E-state index contributed by atoms with van der Waals surface area (Å²) in [4.78, 5) is 5.68. The van der Waals surface area contributed by atoms with E-state index in [2.05, 4.69) is 10.1 Å². The average molecular weight is 212 g/mol. The van der Waals surface area contributed by atoms with Crippen molar-refractivity contribution in [2.24, 2.45) is 10.9 Å². The Labute approximate surface area is 87.0 Å². The van der Waals surface area contributed by atoms with Gasteiger partial charge in [0.15, 0.2) is 0 Å². The molecule has 82 valence electrons. The minimum atomic E-state index is -0.372. The first-order valence-electron chi connectivity index (χ1n) is 4.42. The zero-order chi connectivity index (χ0) is 11.3. The Kier molecular flexibility index (Phi) is 3.84. The van der Waals surface area contributed by atoms with Crippen molar-refractivity contribution >= 4 is 11.7 Å². The van der Waals surface area contributed by atoms with Gasteiger partial charge in [-0.1, -0.05) is 5.16 Å². The quantitative estimate of drug-likeness (QED) is 0.335. The lowest BCUT2D eigenvalue weighted by atomic mass is 10.3. The summed E-state index contributed by atoms with van der Waals surface area (Å²) in [5.74, 6) is 0.426. The van der Waals surface area contributed by atoms with E-state index in [-0.39, 0.29) is 11.7 Å². The summed E-state index contributed by atoms with van der Waals surface area (Å²) in [6.07, 6.45) is 1.57. The molecule has 0 aliphatic rings. The third-order valence-corrected chi connectivity index (χ3v) is 1.93. The maximum absolute atomic E-state index is 12.6. The van der Waals surface area contributed by atoms with Crippen LogP contribution in [0.5, 0.6) is 0 Å². The second kappa shape index (κ2) is 5.14. The van der Waals surface area contributed by atoms with Gasteiger partial charge in [0, 0.05) is 20.0 Å². The molecule has 5 nitrogen and oxygen atoms in total. The molecule has 0 amide bonds. The molecule has 0 aliphatic carbocycles. The molecule has 1 aromatic heterocycles. The van der Waals surface area contributed by atoms with Gasteiger partial charge in [0.2, 0.25) is 0 Å². The lowest BCUT2D eigenvalue weighted by Crippen LogP contribution is -2.25. The molecule has 0 bridgehead atoms. The molecular weight excluding hydrogens is 199 g/mol. The molecule has 3 N–H and O–H groups in total. The maximum Gasteiger partial charge on any atom is 0.141 e. The molecule has 1 aromatic rings. The van der Waals surface area contributed by atoms with Gasteiger partial charge in [-0.25, -0.2) is 9.37 Å². The Morgan fingerprint density at radius 3 is 2.93 bits per heavy atom. The van der Waals surface area contributed by atoms with Crippen LogP contribution in [0.4, 0.5) is 10.2 Å². The Hall–Kier alpha value is -1.85. The van der Waals surface area contributed by atoms with Crippen LogP contribution in [-0.2, 0) is 0 Å². The van der Waals surface area contributed by atoms with Crippen molar-refractivity contribution in [3.05, 3.63) is 24.1 Å². The number of oxime groups is 1. The van der Waals surface area contributed by atoms with Crippen molar-refractivity contribution in [2.75, 3.05) is 18.5 Å². The van der Waals surface area contributed by atoms with E-state index >= 15 is 0 Å². The standard InChI is InChI=1S/C9H13FN4O/c1-14(5-4-8(11)13-15)9-3-2-7(10)6-12-9/h2-3,6,15H,4-5H2,1H3,(H2,11,13). The van der Waals surface area contributed by atoms with Gasteiger partial charge in [0.25, 0.3) is 0 Å². The van der Waals surface area contributed by atoms with Crippen molar-refractivity contribution in [3.8, 4) is 0 Å². The molecule has 6 heteroatoms. The van der Waals surface area contributed by atoms with Crippen molar-refractivity contribution in [1.29, 1.82) is 0 Å². The highest BCUT2D eigenvalue weighted by molar-refractivity contribution is 5.80. The largest absolute Gasteiger partial charge is 0.409 e. The normalized spacial score (nSPS) is 11.5. The summed E-state index contributed by atoms with van der Waals surface area (Å²) in [7, 11) is 1.80. The number of hydrogen-bond donors (Lipinski definition) is 2. The molecule has 1 heterocycles. The van der Waals surface area contributed by atoms with E-state index in [1.165, 1.54) is 6.07 Å². The third kappa shape index (κ3) is 3.41. The molecule has 0 aromatic carbocycles. The van der Waals surface area contributed by atoms with Gasteiger partial charge in [0.1, 0.15) is 17.5 Å². The van der Waals surface area contributed by atoms with E-state index in [1.807, 2.05) is 0 Å². The fourth-order valence-electron chi connectivity index (χ4n) is 1.04. The smallest absolute Gasteiger partial charge is 0.141 e. The second-order valence-electron chi connectivity index (χ2n) is 3.10. The summed E-state index contributed by atoms with van der Waals surface area (Å²) in [5, 5.41) is 11.2. The minimum absolute atomic E-state index is 0.156. The van der Waals surface area contributed by atoms with Gasteiger partial charge in [-0.15, -0.1) is 0 Å². The SMILES string of the molecule is CN(CCC(N)=NO)c1ccc(F)cn1. The van der Waals surface area contributed by atoms with Crippen LogP contribution in [0, 0.1) is 5.82 Å². The van der Waals surface area contributed by atoms with Gasteiger partial charge >= 0.3 is 0 Å². The van der Waals surface area contributed by atoms with E-state index in [9.17, 15) is 4.39 Å². The van der Waals surface area contributed by atoms with Crippen molar-refractivity contribution < 1.29 is 9.60 Å². The molecule has 0 unspecified atom stereocenters. The van der Waals surface area contributed by atoms with Gasteiger partial charge in [-0.3, -0.25) is 0 Å². The average Bonchev–Trinajstić information content (AvgIpc) is 2.26. The van der Waals surface area contributed by atoms with Crippen LogP contribution < -0.4 is 10.6 Å². The highest BCUT2D eigenvalue weighted by Crippen LogP contribution is 2.08. The predicted octanol–water partition coefficient (Wildman–Crippen LogP) is 0.793. The first kappa shape index (κ1) is 11.2. The number of halogens is 1. The van der Waals surface area contributed by atoms with Crippen LogP contribution >= 0.6 is 0 Å². The van der Waals surface area contributed by atoms with E-state index in [0.717, 1.165) is 6.20 Å². The lowest BCUT2D eigenvalue weighted by molar-refractivity contribution is 0.317. The summed E-state index contributed by atoms with van der Waals surface area (Å²) in [5.41, 5.74) is 5.32. The minimum Gasteiger partial charge on any atom is -0.409 e. The Morgan fingerprint density at radius 2 is 2.40 bits per heavy atom. The number of hydrogen-bond acceptors (Lipinski definition) is 4. The first-order valence-corrected chi connectivity index (χ1v) is 4.42. The number of nitrogens with two attached hydrogens (primary N) is 1. The van der Waals surface area contributed by atoms with Crippen LogP contribution in [-0.4, -0.2) is 29.6 Å². The number of nitrogens with zero attached hydrogens (tertiary/aromatic N) is 3. The monoisotopic (exact) mass is 212 g/mol. The summed E-state index contributed by atoms with van der Waals surface area (Å²) < 4.78 is 12.6. The van der Waals surface area contributed by atoms with Crippen LogP contribution in [0.2, 0.25) is 0 Å². The summed E-state index contributed by atoms with van der Waals surface area (Å²) in [6, 6.07) is 2.91. The Balaban J connectivity index is 2.53. The molecular formula is C9H13FN4O. The zero-order valence-corrected chi connectivity index (χ0v) is 8.39. The summed E-state index contributed by atoms with van der Waals surface area (Å²) in [6.45, 7) is 0.550. The van der Waals surface area contributed by atoms with Crippen LogP contribution in [0.1, 0.15) is 6.42 Å². The number of amidine groups is 1. The van der Waals surface area contributed by atoms with Crippen molar-refractivity contribution in [2.45, 2.75) is 6.42 Å². The van der Waals surface area contributed by atoms with Crippen LogP contribution in [0.3, 0.4) is 0 Å². The van der Waals surface area contributed by atoms with Gasteiger partial charge in [-0.2, -0.15) is 0 Å². The molecule has 0 radical (unpaired) electrons. The van der Waals surface area contributed by atoms with E-state index in [4.69, 9.17) is 10.9 Å². The molecule has 0 saturated carbocycles. The third-order valence-electron chi connectivity index (χ3n) is 1.93. The van der Waals surface area contributed by atoms with E-state index < -0.39 is 0 Å². The Bertz CT molecular complexity index is 338. The topological polar surface area (TPSA) is 74.7 Å². The zero-order valence-electron chi connectivity index (χ0n) is 8.39. The fraction of sp³-hybridized carbons (Fsp3) is 0.333. The second-order valence-corrected chi connectivity index (χ2v) is 3.10. The molecule has 0 atom stereocenters.